The number of hydrogen-bond donors (Lipinski definition) is 2. The zero-order valence-corrected chi connectivity index (χ0v) is 6.96. The van der Waals surface area contributed by atoms with Crippen molar-refractivity contribution in [2.45, 2.75) is 0 Å². The fraction of sp³-hybridized carbons (Fsp3) is 0.333. The van der Waals surface area contributed by atoms with E-state index in [1.165, 1.54) is 5.75 Å². The highest BCUT2D eigenvalue weighted by atomic mass is 33.1. The summed E-state index contributed by atoms with van der Waals surface area (Å²) in [5.41, 5.74) is 0. The van der Waals surface area contributed by atoms with E-state index in [0.29, 0.717) is 0 Å². The first-order valence-electron chi connectivity index (χ1n) is 2.02. The molecular formula is C3H6O3PS2+. The van der Waals surface area contributed by atoms with Crippen LogP contribution in [-0.4, -0.2) is 15.5 Å². The second-order valence-corrected chi connectivity index (χ2v) is 3.83. The molecule has 0 radical (unpaired) electrons. The Balaban J connectivity index is 0.000000148. The molecule has 1 aliphatic rings. The molecular weight excluding hydrogens is 179 g/mol. The van der Waals surface area contributed by atoms with E-state index in [2.05, 4.69) is 11.5 Å². The van der Waals surface area contributed by atoms with Crippen LogP contribution in [0, 0.1) is 0 Å². The van der Waals surface area contributed by atoms with Gasteiger partial charge in [-0.15, -0.1) is 9.79 Å². The van der Waals surface area contributed by atoms with Gasteiger partial charge in [0, 0.05) is 10.3 Å². The lowest BCUT2D eigenvalue weighted by atomic mass is 10.8. The van der Waals surface area contributed by atoms with Crippen molar-refractivity contribution in [2.24, 2.45) is 0 Å². The molecule has 52 valence electrons. The lowest BCUT2D eigenvalue weighted by molar-refractivity contribution is 0.405. The molecule has 6 heteroatoms. The minimum Gasteiger partial charge on any atom is -0.134 e. The van der Waals surface area contributed by atoms with Crippen molar-refractivity contribution in [1.82, 2.24) is 0 Å². The van der Waals surface area contributed by atoms with Crippen molar-refractivity contribution in [1.29, 1.82) is 0 Å². The topological polar surface area (TPSA) is 57.5 Å². The maximum atomic E-state index is 8.70. The fourth-order valence-electron chi connectivity index (χ4n) is 0.196. The van der Waals surface area contributed by atoms with E-state index >= 15 is 0 Å². The first kappa shape index (κ1) is 9.46. The van der Waals surface area contributed by atoms with Gasteiger partial charge in [-0.05, 0) is 5.41 Å². The summed E-state index contributed by atoms with van der Waals surface area (Å²) in [5.74, 6) is 1.20. The molecule has 1 heterocycles. The maximum Gasteiger partial charge on any atom is 0.692 e. The molecule has 9 heavy (non-hydrogen) atoms. The molecule has 1 rings (SSSR count). The van der Waals surface area contributed by atoms with E-state index in [1.807, 2.05) is 21.6 Å². The SMILES string of the molecule is C1=CSSC1.O=[P+](O)O. The molecule has 0 aromatic carbocycles. The minimum atomic E-state index is -2.87. The maximum absolute atomic E-state index is 8.70. The molecule has 0 aromatic rings. The fourth-order valence-corrected chi connectivity index (χ4v) is 1.77. The van der Waals surface area contributed by atoms with Crippen LogP contribution in [0.5, 0.6) is 0 Å². The van der Waals surface area contributed by atoms with Gasteiger partial charge in [0.05, 0.1) is 0 Å². The van der Waals surface area contributed by atoms with Gasteiger partial charge in [0.1, 0.15) is 0 Å². The van der Waals surface area contributed by atoms with Crippen LogP contribution in [0.3, 0.4) is 0 Å². The third kappa shape index (κ3) is 11.8. The summed E-state index contributed by atoms with van der Waals surface area (Å²) in [5, 5.41) is 2.12. The van der Waals surface area contributed by atoms with Crippen molar-refractivity contribution >= 4 is 29.8 Å². The number of hydrogen-bond acceptors (Lipinski definition) is 3. The molecule has 0 saturated carbocycles. The number of rotatable bonds is 0. The van der Waals surface area contributed by atoms with Crippen molar-refractivity contribution < 1.29 is 14.4 Å². The Morgan fingerprint density at radius 2 is 2.11 bits per heavy atom. The van der Waals surface area contributed by atoms with Crippen LogP contribution in [0.4, 0.5) is 0 Å². The van der Waals surface area contributed by atoms with E-state index in [4.69, 9.17) is 14.4 Å². The summed E-state index contributed by atoms with van der Waals surface area (Å²) in [7, 11) is 0.819. The van der Waals surface area contributed by atoms with E-state index < -0.39 is 8.25 Å². The Morgan fingerprint density at radius 1 is 1.56 bits per heavy atom. The van der Waals surface area contributed by atoms with Crippen molar-refractivity contribution in [3.63, 3.8) is 0 Å². The average molecular weight is 185 g/mol. The average Bonchev–Trinajstić information content (AvgIpc) is 2.11. The molecule has 0 fully saturated rings. The molecule has 0 unspecified atom stereocenters. The summed E-state index contributed by atoms with van der Waals surface area (Å²) < 4.78 is 8.70. The summed E-state index contributed by atoms with van der Waals surface area (Å²) in [6.45, 7) is 0. The lowest BCUT2D eigenvalue weighted by Gasteiger charge is -1.69. The van der Waals surface area contributed by atoms with Gasteiger partial charge < -0.3 is 0 Å². The first-order valence-corrected chi connectivity index (χ1v) is 5.56. The smallest absolute Gasteiger partial charge is 0.134 e. The van der Waals surface area contributed by atoms with E-state index in [9.17, 15) is 0 Å². The molecule has 1 aliphatic heterocycles. The van der Waals surface area contributed by atoms with Crippen LogP contribution >= 0.6 is 29.8 Å². The van der Waals surface area contributed by atoms with Gasteiger partial charge in [-0.25, -0.2) is 0 Å². The zero-order valence-electron chi connectivity index (χ0n) is 4.43. The predicted octanol–water partition coefficient (Wildman–Crippen LogP) is 1.52. The Kier molecular flexibility index (Phi) is 6.91. The van der Waals surface area contributed by atoms with Crippen LogP contribution in [0.1, 0.15) is 0 Å². The van der Waals surface area contributed by atoms with E-state index in [-0.39, 0.29) is 0 Å². The second kappa shape index (κ2) is 6.58. The van der Waals surface area contributed by atoms with Crippen molar-refractivity contribution in [3.05, 3.63) is 11.5 Å². The van der Waals surface area contributed by atoms with E-state index in [1.54, 1.807) is 0 Å². The van der Waals surface area contributed by atoms with Gasteiger partial charge in [0.15, 0.2) is 0 Å². The third-order valence-corrected chi connectivity index (χ3v) is 2.30. The van der Waals surface area contributed by atoms with Gasteiger partial charge in [-0.1, -0.05) is 27.7 Å². The minimum absolute atomic E-state index is 1.20. The first-order chi connectivity index (χ1) is 4.23. The summed E-state index contributed by atoms with van der Waals surface area (Å²) in [4.78, 5) is 14.2. The molecule has 0 aromatic heterocycles. The Hall–Kier alpha value is 0.460. The molecule has 0 aliphatic carbocycles. The zero-order chi connectivity index (χ0) is 7.11. The van der Waals surface area contributed by atoms with Crippen molar-refractivity contribution in [3.8, 4) is 0 Å². The van der Waals surface area contributed by atoms with Gasteiger partial charge in [-0.2, -0.15) is 0 Å². The summed E-state index contributed by atoms with van der Waals surface area (Å²) >= 11 is 0. The Bertz CT molecular complexity index is 106. The standard InChI is InChI=1S/C3H4S2.HO3P/c1-2-4-5-3-1;1-4(2)3/h1-2H,3H2;(H-,1,2,3)/p+1. The quantitative estimate of drug-likeness (QED) is 0.442. The lowest BCUT2D eigenvalue weighted by Crippen LogP contribution is -1.46. The summed E-state index contributed by atoms with van der Waals surface area (Å²) in [6.07, 6.45) is 2.16. The van der Waals surface area contributed by atoms with Gasteiger partial charge in [0.25, 0.3) is 0 Å². The Labute approximate surface area is 61.9 Å². The molecule has 0 amide bonds. The third-order valence-electron chi connectivity index (χ3n) is 0.384. The van der Waals surface area contributed by atoms with Crippen molar-refractivity contribution in [2.75, 3.05) is 5.75 Å². The highest BCUT2D eigenvalue weighted by Gasteiger charge is 1.93. The molecule has 0 saturated heterocycles. The van der Waals surface area contributed by atoms with E-state index in [0.717, 1.165) is 0 Å². The van der Waals surface area contributed by atoms with Crippen LogP contribution < -0.4 is 0 Å². The second-order valence-electron chi connectivity index (χ2n) is 1.01. The van der Waals surface area contributed by atoms with Gasteiger partial charge in [0.2, 0.25) is 0 Å². The molecule has 3 nitrogen and oxygen atoms in total. The van der Waals surface area contributed by atoms with Gasteiger partial charge >= 0.3 is 8.25 Å². The normalized spacial score (nSPS) is 14.4. The monoisotopic (exact) mass is 185 g/mol. The highest BCUT2D eigenvalue weighted by Crippen LogP contribution is 2.27. The predicted molar refractivity (Wildman–Crippen MR) is 41.2 cm³/mol. The summed E-state index contributed by atoms with van der Waals surface area (Å²) in [6, 6.07) is 0. The highest BCUT2D eigenvalue weighted by molar-refractivity contribution is 8.78. The van der Waals surface area contributed by atoms with Crippen LogP contribution in [0.15, 0.2) is 11.5 Å². The van der Waals surface area contributed by atoms with Crippen LogP contribution in [0.2, 0.25) is 0 Å². The molecule has 0 atom stereocenters. The molecule has 0 spiro atoms. The molecule has 2 N–H and O–H groups in total. The largest absolute Gasteiger partial charge is 0.692 e. The van der Waals surface area contributed by atoms with Gasteiger partial charge in [-0.3, -0.25) is 0 Å². The Morgan fingerprint density at radius 3 is 2.22 bits per heavy atom. The molecule has 0 bridgehead atoms. The van der Waals surface area contributed by atoms with Crippen LogP contribution in [-0.2, 0) is 4.57 Å². The van der Waals surface area contributed by atoms with Crippen LogP contribution in [0.25, 0.3) is 0 Å².